The fraction of sp³-hybridized carbons (Fsp3) is 0.615. The molecule has 9 heteroatoms. The smallest absolute Gasteiger partial charge is 0.242 e. The summed E-state index contributed by atoms with van der Waals surface area (Å²) in [6.07, 6.45) is 3.99. The molecule has 2 aliphatic rings. The highest BCUT2D eigenvalue weighted by Gasteiger charge is 2.23. The maximum absolute atomic E-state index is 11.6. The lowest BCUT2D eigenvalue weighted by atomic mass is 10.3. The van der Waals surface area contributed by atoms with Gasteiger partial charge < -0.3 is 20.9 Å². The fourth-order valence-electron chi connectivity index (χ4n) is 2.25. The van der Waals surface area contributed by atoms with Gasteiger partial charge in [-0.2, -0.15) is 0 Å². The molecule has 0 atom stereocenters. The Morgan fingerprint density at radius 3 is 2.73 bits per heavy atom. The second-order valence-electron chi connectivity index (χ2n) is 5.30. The second kappa shape index (κ2) is 7.95. The topological polar surface area (TPSA) is 86.8 Å². The molecule has 3 N–H and O–H groups in total. The van der Waals surface area contributed by atoms with Gasteiger partial charge in [0.05, 0.1) is 0 Å². The van der Waals surface area contributed by atoms with Crippen LogP contribution >= 0.6 is 35.3 Å². The molecule has 0 bridgehead atoms. The van der Waals surface area contributed by atoms with Gasteiger partial charge in [-0.3, -0.25) is 4.79 Å². The maximum Gasteiger partial charge on any atom is 0.242 e. The number of rotatable bonds is 4. The predicted octanol–water partition coefficient (Wildman–Crippen LogP) is 0.476. The van der Waals surface area contributed by atoms with Crippen LogP contribution in [-0.4, -0.2) is 60.5 Å². The standard InChI is InChI=1S/C13H20N6OS.HI/c14-12(16-9-11(20)17-10-1-2-10)18-4-6-19(7-5-18)13-15-3-8-21-13;/h3,8,10H,1-2,4-7,9H2,(H2,14,16)(H,17,20);1H. The van der Waals surface area contributed by atoms with E-state index in [0.717, 1.165) is 44.2 Å². The summed E-state index contributed by atoms with van der Waals surface area (Å²) < 4.78 is 0. The zero-order valence-corrected chi connectivity index (χ0v) is 15.4. The zero-order valence-electron chi connectivity index (χ0n) is 12.3. The Morgan fingerprint density at radius 1 is 1.41 bits per heavy atom. The van der Waals surface area contributed by atoms with Crippen LogP contribution in [0.4, 0.5) is 5.13 Å². The van der Waals surface area contributed by atoms with Crippen molar-refractivity contribution < 1.29 is 4.79 Å². The van der Waals surface area contributed by atoms with E-state index in [4.69, 9.17) is 5.73 Å². The highest BCUT2D eigenvalue weighted by molar-refractivity contribution is 14.0. The molecule has 7 nitrogen and oxygen atoms in total. The van der Waals surface area contributed by atoms with Gasteiger partial charge >= 0.3 is 0 Å². The van der Waals surface area contributed by atoms with Crippen LogP contribution in [0.25, 0.3) is 0 Å². The summed E-state index contributed by atoms with van der Waals surface area (Å²) in [5.41, 5.74) is 5.97. The Balaban J connectivity index is 0.00000176. The highest BCUT2D eigenvalue weighted by atomic mass is 127. The number of hydrogen-bond acceptors (Lipinski definition) is 5. The summed E-state index contributed by atoms with van der Waals surface area (Å²) in [6.45, 7) is 3.48. The number of hydrogen-bond donors (Lipinski definition) is 2. The first-order valence-electron chi connectivity index (χ1n) is 7.21. The predicted molar refractivity (Wildman–Crippen MR) is 99.0 cm³/mol. The van der Waals surface area contributed by atoms with Crippen molar-refractivity contribution in [3.63, 3.8) is 0 Å². The molecule has 1 amide bonds. The molecule has 1 saturated carbocycles. The largest absolute Gasteiger partial charge is 0.370 e. The van der Waals surface area contributed by atoms with Crippen LogP contribution in [0.2, 0.25) is 0 Å². The number of anilines is 1. The second-order valence-corrected chi connectivity index (χ2v) is 6.18. The molecule has 2 fully saturated rings. The Labute approximate surface area is 151 Å². The first-order chi connectivity index (χ1) is 10.2. The number of aliphatic imine (C=N–C) groups is 1. The zero-order chi connectivity index (χ0) is 14.7. The van der Waals surface area contributed by atoms with Crippen molar-refractivity contribution in [3.8, 4) is 0 Å². The van der Waals surface area contributed by atoms with Crippen molar-refractivity contribution in [2.45, 2.75) is 18.9 Å². The van der Waals surface area contributed by atoms with Crippen LogP contribution in [0, 0.1) is 0 Å². The van der Waals surface area contributed by atoms with E-state index in [1.807, 2.05) is 16.5 Å². The molecule has 3 rings (SSSR count). The van der Waals surface area contributed by atoms with Crippen LogP contribution < -0.4 is 16.0 Å². The van der Waals surface area contributed by atoms with Crippen molar-refractivity contribution >= 4 is 52.3 Å². The molecule has 0 radical (unpaired) electrons. The van der Waals surface area contributed by atoms with Gasteiger partial charge in [-0.05, 0) is 12.8 Å². The number of nitrogens with zero attached hydrogens (tertiary/aromatic N) is 4. The SMILES string of the molecule is I.NC(=NCC(=O)NC1CC1)N1CCN(c2nccs2)CC1. The normalized spacial score (nSPS) is 18.8. The number of aromatic nitrogens is 1. The Morgan fingerprint density at radius 2 is 2.14 bits per heavy atom. The van der Waals surface area contributed by atoms with E-state index in [9.17, 15) is 4.79 Å². The third-order valence-electron chi connectivity index (χ3n) is 3.62. The van der Waals surface area contributed by atoms with E-state index in [0.29, 0.717) is 12.0 Å². The summed E-state index contributed by atoms with van der Waals surface area (Å²) in [5, 5.41) is 5.93. The van der Waals surface area contributed by atoms with Gasteiger partial charge in [0.2, 0.25) is 5.91 Å². The van der Waals surface area contributed by atoms with E-state index in [-0.39, 0.29) is 36.4 Å². The number of halogens is 1. The number of amides is 1. The number of nitrogens with one attached hydrogen (secondary N) is 1. The van der Waals surface area contributed by atoms with Crippen molar-refractivity contribution in [1.82, 2.24) is 15.2 Å². The quantitative estimate of drug-likeness (QED) is 0.408. The lowest BCUT2D eigenvalue weighted by Gasteiger charge is -2.35. The first kappa shape index (κ1) is 17.3. The molecule has 1 aliphatic heterocycles. The molecule has 1 saturated heterocycles. The van der Waals surface area contributed by atoms with Crippen molar-refractivity contribution in [1.29, 1.82) is 0 Å². The monoisotopic (exact) mass is 436 g/mol. The summed E-state index contributed by atoms with van der Waals surface area (Å²) in [4.78, 5) is 24.4. The van der Waals surface area contributed by atoms with Crippen molar-refractivity contribution in [2.75, 3.05) is 37.6 Å². The number of guanidine groups is 1. The van der Waals surface area contributed by atoms with E-state index in [1.165, 1.54) is 0 Å². The van der Waals surface area contributed by atoms with Gasteiger partial charge in [0.25, 0.3) is 0 Å². The Kier molecular flexibility index (Phi) is 6.24. The summed E-state index contributed by atoms with van der Waals surface area (Å²) in [7, 11) is 0. The van der Waals surface area contributed by atoms with Crippen LogP contribution in [0.5, 0.6) is 0 Å². The Bertz CT molecular complexity index is 511. The minimum Gasteiger partial charge on any atom is -0.370 e. The molecule has 0 aromatic carbocycles. The van der Waals surface area contributed by atoms with E-state index in [1.54, 1.807) is 11.3 Å². The van der Waals surface area contributed by atoms with Crippen molar-refractivity contribution in [3.05, 3.63) is 11.6 Å². The van der Waals surface area contributed by atoms with Gasteiger partial charge in [0, 0.05) is 43.8 Å². The number of piperazine rings is 1. The van der Waals surface area contributed by atoms with Gasteiger partial charge in [-0.1, -0.05) is 0 Å². The number of carbonyl (C=O) groups excluding carboxylic acids is 1. The number of nitrogens with two attached hydrogens (primary N) is 1. The number of thiazole rings is 1. The van der Waals surface area contributed by atoms with Gasteiger partial charge in [-0.25, -0.2) is 9.98 Å². The van der Waals surface area contributed by atoms with Crippen LogP contribution in [-0.2, 0) is 4.79 Å². The van der Waals surface area contributed by atoms with Crippen LogP contribution in [0.3, 0.4) is 0 Å². The molecule has 1 aliphatic carbocycles. The first-order valence-corrected chi connectivity index (χ1v) is 8.09. The maximum atomic E-state index is 11.6. The minimum atomic E-state index is -0.0399. The van der Waals surface area contributed by atoms with Crippen LogP contribution in [0.1, 0.15) is 12.8 Å². The molecule has 1 aromatic rings. The Hall–Kier alpha value is -1.10. The average Bonchev–Trinajstić information content (AvgIpc) is 3.15. The van der Waals surface area contributed by atoms with Crippen LogP contribution in [0.15, 0.2) is 16.6 Å². The summed E-state index contributed by atoms with van der Waals surface area (Å²) >= 11 is 1.65. The third kappa shape index (κ3) is 4.70. The summed E-state index contributed by atoms with van der Waals surface area (Å²) in [6, 6.07) is 0.371. The average molecular weight is 436 g/mol. The number of carbonyl (C=O) groups is 1. The van der Waals surface area contributed by atoms with E-state index in [2.05, 4.69) is 20.2 Å². The molecule has 0 spiro atoms. The molecule has 122 valence electrons. The van der Waals surface area contributed by atoms with E-state index < -0.39 is 0 Å². The lowest BCUT2D eigenvalue weighted by molar-refractivity contribution is -0.119. The lowest BCUT2D eigenvalue weighted by Crippen LogP contribution is -2.51. The molecule has 2 heterocycles. The molecule has 1 aromatic heterocycles. The molecule has 0 unspecified atom stereocenters. The van der Waals surface area contributed by atoms with Gasteiger partial charge in [0.15, 0.2) is 11.1 Å². The third-order valence-corrected chi connectivity index (χ3v) is 4.45. The minimum absolute atomic E-state index is 0. The van der Waals surface area contributed by atoms with Crippen molar-refractivity contribution in [2.24, 2.45) is 10.7 Å². The van der Waals surface area contributed by atoms with Gasteiger partial charge in [-0.15, -0.1) is 35.3 Å². The molecule has 22 heavy (non-hydrogen) atoms. The molecular formula is C13H21IN6OS. The molecular weight excluding hydrogens is 415 g/mol. The summed E-state index contributed by atoms with van der Waals surface area (Å²) in [5.74, 6) is 0.418. The highest BCUT2D eigenvalue weighted by Crippen LogP contribution is 2.19. The van der Waals surface area contributed by atoms with Gasteiger partial charge in [0.1, 0.15) is 6.54 Å². The fourth-order valence-corrected chi connectivity index (χ4v) is 2.95. The van der Waals surface area contributed by atoms with E-state index >= 15 is 0 Å².